The van der Waals surface area contributed by atoms with Crippen LogP contribution in [0.2, 0.25) is 0 Å². The van der Waals surface area contributed by atoms with Crippen LogP contribution < -0.4 is 0 Å². The average molecular weight is 502 g/mol. The van der Waals surface area contributed by atoms with E-state index in [9.17, 15) is 4.79 Å². The summed E-state index contributed by atoms with van der Waals surface area (Å²) in [4.78, 5) is 21.9. The van der Waals surface area contributed by atoms with Gasteiger partial charge in [-0.1, -0.05) is 60.1 Å². The van der Waals surface area contributed by atoms with E-state index in [1.54, 1.807) is 23.4 Å². The molecular formula is C32H27N3O3. The second-order valence-corrected chi connectivity index (χ2v) is 8.33. The van der Waals surface area contributed by atoms with Crippen molar-refractivity contribution in [1.29, 1.82) is 0 Å². The first-order valence-electron chi connectivity index (χ1n) is 12.2. The fraction of sp³-hybridized carbons (Fsp3) is 0.156. The largest absolute Gasteiger partial charge is 0.390 e. The van der Waals surface area contributed by atoms with Crippen molar-refractivity contribution in [3.05, 3.63) is 131 Å². The molecular weight excluding hydrogens is 474 g/mol. The Balaban J connectivity index is 0.000000186. The molecule has 38 heavy (non-hydrogen) atoms. The standard InChI is InChI=1S/C18H16N2O2.C14H11NO/c21-18-14-22-11-10-20(18)13-17-9-8-16(12-19-17)7-6-15-4-2-1-3-5-15;16-11-14-9-8-13(10-15-14)7-6-12-4-2-1-3-5-12/h1-5,8-9,12H,10-11,13-14H2;1-5,8-10,16H,11H2. The van der Waals surface area contributed by atoms with Gasteiger partial charge in [-0.15, -0.1) is 0 Å². The van der Waals surface area contributed by atoms with Gasteiger partial charge in [-0.3, -0.25) is 14.8 Å². The molecule has 0 bridgehead atoms. The first-order valence-corrected chi connectivity index (χ1v) is 12.2. The lowest BCUT2D eigenvalue weighted by atomic mass is 10.2. The maximum atomic E-state index is 11.7. The summed E-state index contributed by atoms with van der Waals surface area (Å²) in [7, 11) is 0. The summed E-state index contributed by atoms with van der Waals surface area (Å²) in [5.41, 5.74) is 5.19. The molecule has 1 N–H and O–H groups in total. The lowest BCUT2D eigenvalue weighted by molar-refractivity contribution is -0.143. The van der Waals surface area contributed by atoms with Crippen LogP contribution in [0.4, 0.5) is 0 Å². The van der Waals surface area contributed by atoms with Gasteiger partial charge in [0.1, 0.15) is 6.61 Å². The monoisotopic (exact) mass is 501 g/mol. The van der Waals surface area contributed by atoms with E-state index >= 15 is 0 Å². The summed E-state index contributed by atoms with van der Waals surface area (Å²) >= 11 is 0. The third-order valence-electron chi connectivity index (χ3n) is 5.50. The molecule has 5 rings (SSSR count). The van der Waals surface area contributed by atoms with Crippen molar-refractivity contribution in [3.63, 3.8) is 0 Å². The van der Waals surface area contributed by atoms with Crippen molar-refractivity contribution in [3.8, 4) is 23.7 Å². The van der Waals surface area contributed by atoms with Crippen molar-refractivity contribution in [2.75, 3.05) is 19.8 Å². The fourth-order valence-corrected chi connectivity index (χ4v) is 3.43. The zero-order valence-corrected chi connectivity index (χ0v) is 20.9. The molecule has 0 aliphatic carbocycles. The zero-order valence-electron chi connectivity index (χ0n) is 20.9. The maximum absolute atomic E-state index is 11.7. The van der Waals surface area contributed by atoms with Crippen LogP contribution in [0.15, 0.2) is 97.3 Å². The lowest BCUT2D eigenvalue weighted by Gasteiger charge is -2.26. The molecule has 2 aromatic carbocycles. The second kappa shape index (κ2) is 14.1. The highest BCUT2D eigenvalue weighted by molar-refractivity contribution is 5.77. The van der Waals surface area contributed by atoms with Gasteiger partial charge in [0.05, 0.1) is 31.1 Å². The number of pyridine rings is 2. The van der Waals surface area contributed by atoms with Crippen molar-refractivity contribution in [2.45, 2.75) is 13.2 Å². The zero-order chi connectivity index (χ0) is 26.4. The van der Waals surface area contributed by atoms with Crippen LogP contribution in [-0.2, 0) is 22.7 Å². The highest BCUT2D eigenvalue weighted by Crippen LogP contribution is 2.07. The third-order valence-corrected chi connectivity index (χ3v) is 5.50. The van der Waals surface area contributed by atoms with Gasteiger partial charge in [-0.2, -0.15) is 0 Å². The summed E-state index contributed by atoms with van der Waals surface area (Å²) < 4.78 is 5.11. The fourth-order valence-electron chi connectivity index (χ4n) is 3.43. The predicted molar refractivity (Wildman–Crippen MR) is 145 cm³/mol. The molecule has 3 heterocycles. The highest BCUT2D eigenvalue weighted by atomic mass is 16.5. The van der Waals surface area contributed by atoms with E-state index in [-0.39, 0.29) is 19.1 Å². The summed E-state index contributed by atoms with van der Waals surface area (Å²) in [6.07, 6.45) is 3.41. The van der Waals surface area contributed by atoms with Gasteiger partial charge in [-0.05, 0) is 48.5 Å². The van der Waals surface area contributed by atoms with Crippen LogP contribution in [0, 0.1) is 23.7 Å². The Morgan fingerprint density at radius 1 is 0.711 bits per heavy atom. The normalized spacial score (nSPS) is 12.2. The Morgan fingerprint density at radius 2 is 1.24 bits per heavy atom. The van der Waals surface area contributed by atoms with Gasteiger partial charge < -0.3 is 14.7 Å². The number of ether oxygens (including phenoxy) is 1. The Labute approximate surface area is 223 Å². The maximum Gasteiger partial charge on any atom is 0.248 e. The van der Waals surface area contributed by atoms with Crippen LogP contribution in [0.3, 0.4) is 0 Å². The first kappa shape index (κ1) is 26.3. The van der Waals surface area contributed by atoms with E-state index in [2.05, 4.69) is 33.6 Å². The number of carbonyl (C=O) groups excluding carboxylic acids is 1. The molecule has 2 aromatic heterocycles. The molecule has 188 valence electrons. The minimum atomic E-state index is -0.0353. The van der Waals surface area contributed by atoms with Crippen molar-refractivity contribution < 1.29 is 14.6 Å². The number of aliphatic hydroxyl groups is 1. The van der Waals surface area contributed by atoms with Crippen molar-refractivity contribution in [1.82, 2.24) is 14.9 Å². The number of morpholine rings is 1. The van der Waals surface area contributed by atoms with Crippen molar-refractivity contribution in [2.24, 2.45) is 0 Å². The summed E-state index contributed by atoms with van der Waals surface area (Å²) in [5, 5.41) is 8.84. The summed E-state index contributed by atoms with van der Waals surface area (Å²) in [6.45, 7) is 1.87. The van der Waals surface area contributed by atoms with Crippen LogP contribution in [-0.4, -0.2) is 45.6 Å². The molecule has 1 aliphatic heterocycles. The smallest absolute Gasteiger partial charge is 0.248 e. The van der Waals surface area contributed by atoms with Gasteiger partial charge in [0.25, 0.3) is 0 Å². The van der Waals surface area contributed by atoms with Gasteiger partial charge in [0.2, 0.25) is 5.91 Å². The molecule has 1 aliphatic rings. The number of aliphatic hydroxyl groups excluding tert-OH is 1. The molecule has 4 aromatic rings. The number of hydrogen-bond donors (Lipinski definition) is 1. The molecule has 6 nitrogen and oxygen atoms in total. The second-order valence-electron chi connectivity index (χ2n) is 8.33. The molecule has 0 radical (unpaired) electrons. The average Bonchev–Trinajstić information content (AvgIpc) is 2.98. The number of hydrogen-bond acceptors (Lipinski definition) is 5. The van der Waals surface area contributed by atoms with Gasteiger partial charge >= 0.3 is 0 Å². The SMILES string of the molecule is O=C1COCCN1Cc1ccc(C#Cc2ccccc2)cn1.OCc1ccc(C#Cc2ccccc2)cn1. The van der Waals surface area contributed by atoms with E-state index < -0.39 is 0 Å². The quantitative estimate of drug-likeness (QED) is 0.432. The molecule has 0 atom stereocenters. The van der Waals surface area contributed by atoms with Crippen LogP contribution in [0.5, 0.6) is 0 Å². The van der Waals surface area contributed by atoms with Crippen LogP contribution in [0.1, 0.15) is 33.6 Å². The number of aromatic nitrogens is 2. The Bertz CT molecular complexity index is 1430. The number of benzene rings is 2. The van der Waals surface area contributed by atoms with E-state index in [0.29, 0.717) is 25.4 Å². The Hall–Kier alpha value is -4.75. The predicted octanol–water partition coefficient (Wildman–Crippen LogP) is 3.81. The first-order chi connectivity index (χ1) is 18.7. The lowest BCUT2D eigenvalue weighted by Crippen LogP contribution is -2.41. The number of amides is 1. The molecule has 6 heteroatoms. The molecule has 1 saturated heterocycles. The Morgan fingerprint density at radius 3 is 1.71 bits per heavy atom. The van der Waals surface area contributed by atoms with Gasteiger partial charge in [-0.25, -0.2) is 0 Å². The topological polar surface area (TPSA) is 75.5 Å². The summed E-state index contributed by atoms with van der Waals surface area (Å²) in [5.74, 6) is 12.3. The van der Waals surface area contributed by atoms with Gasteiger partial charge in [0.15, 0.2) is 0 Å². The van der Waals surface area contributed by atoms with E-state index in [0.717, 1.165) is 27.9 Å². The molecule has 1 amide bonds. The molecule has 0 spiro atoms. The number of nitrogens with zero attached hydrogens (tertiary/aromatic N) is 3. The van der Waals surface area contributed by atoms with E-state index in [1.165, 1.54) is 0 Å². The molecule has 1 fully saturated rings. The molecule has 0 saturated carbocycles. The number of rotatable bonds is 3. The van der Waals surface area contributed by atoms with Gasteiger partial charge in [0, 0.05) is 41.2 Å². The minimum Gasteiger partial charge on any atom is -0.390 e. The third kappa shape index (κ3) is 8.43. The summed E-state index contributed by atoms with van der Waals surface area (Å²) in [6, 6.07) is 27.1. The minimum absolute atomic E-state index is 0.0148. The molecule has 0 unspecified atom stereocenters. The van der Waals surface area contributed by atoms with Crippen LogP contribution in [0.25, 0.3) is 0 Å². The Kier molecular flexibility index (Phi) is 9.77. The van der Waals surface area contributed by atoms with E-state index in [1.807, 2.05) is 78.9 Å². The van der Waals surface area contributed by atoms with E-state index in [4.69, 9.17) is 9.84 Å². The van der Waals surface area contributed by atoms with Crippen molar-refractivity contribution >= 4 is 5.91 Å². The highest BCUT2D eigenvalue weighted by Gasteiger charge is 2.18. The van der Waals surface area contributed by atoms with Crippen LogP contribution >= 0.6 is 0 Å². The number of carbonyl (C=O) groups is 1.